The van der Waals surface area contributed by atoms with Crippen LogP contribution in [0.5, 0.6) is 0 Å². The number of ether oxygens (including phenoxy) is 2. The minimum Gasteiger partial charge on any atom is -0.391 e. The molecule has 6 nitrogen and oxygen atoms in total. The normalized spacial score (nSPS) is 25.0. The molecular weight excluding hydrogens is 290 g/mol. The SMILES string of the molecule is COC1CN(S(=O)(=O)c2csc(CO)c2)CC1OC. The van der Waals surface area contributed by atoms with Gasteiger partial charge in [0, 0.05) is 37.6 Å². The Balaban J connectivity index is 2.21. The Labute approximate surface area is 116 Å². The van der Waals surface area contributed by atoms with Gasteiger partial charge in [-0.2, -0.15) is 4.31 Å². The van der Waals surface area contributed by atoms with E-state index in [4.69, 9.17) is 14.6 Å². The Morgan fingerprint density at radius 2 is 1.95 bits per heavy atom. The van der Waals surface area contributed by atoms with Crippen molar-refractivity contribution >= 4 is 21.4 Å². The molecule has 8 heteroatoms. The Kier molecular flexibility index (Phi) is 4.59. The number of sulfonamides is 1. The third-order valence-electron chi connectivity index (χ3n) is 3.21. The molecule has 1 saturated heterocycles. The topological polar surface area (TPSA) is 76.1 Å². The summed E-state index contributed by atoms with van der Waals surface area (Å²) in [5.74, 6) is 0. The average molecular weight is 307 g/mol. The summed E-state index contributed by atoms with van der Waals surface area (Å²) >= 11 is 1.23. The smallest absolute Gasteiger partial charge is 0.244 e. The lowest BCUT2D eigenvalue weighted by molar-refractivity contribution is -0.00461. The third-order valence-corrected chi connectivity index (χ3v) is 6.09. The molecule has 1 aliphatic rings. The first-order valence-electron chi connectivity index (χ1n) is 5.77. The molecular formula is C11H17NO5S2. The van der Waals surface area contributed by atoms with Gasteiger partial charge in [-0.1, -0.05) is 0 Å². The van der Waals surface area contributed by atoms with E-state index < -0.39 is 10.0 Å². The van der Waals surface area contributed by atoms with E-state index >= 15 is 0 Å². The highest BCUT2D eigenvalue weighted by atomic mass is 32.2. The van der Waals surface area contributed by atoms with E-state index in [1.54, 1.807) is 19.6 Å². The van der Waals surface area contributed by atoms with Gasteiger partial charge in [0.15, 0.2) is 0 Å². The maximum Gasteiger partial charge on any atom is 0.244 e. The Hall–Kier alpha value is -0.510. The summed E-state index contributed by atoms with van der Waals surface area (Å²) in [7, 11) is -0.456. The quantitative estimate of drug-likeness (QED) is 0.845. The molecule has 1 aromatic rings. The molecule has 0 radical (unpaired) electrons. The highest BCUT2D eigenvalue weighted by molar-refractivity contribution is 7.89. The van der Waals surface area contributed by atoms with Crippen molar-refractivity contribution in [2.75, 3.05) is 27.3 Å². The standard InChI is InChI=1S/C11H17NO5S2/c1-16-10-4-12(5-11(10)17-2)19(14,15)9-3-8(6-13)18-7-9/h3,7,10-11,13H,4-6H2,1-2H3. The van der Waals surface area contributed by atoms with Gasteiger partial charge in [0.05, 0.1) is 23.7 Å². The zero-order valence-corrected chi connectivity index (χ0v) is 12.4. The molecule has 19 heavy (non-hydrogen) atoms. The number of hydrogen-bond donors (Lipinski definition) is 1. The lowest BCUT2D eigenvalue weighted by atomic mass is 10.3. The maximum atomic E-state index is 12.4. The van der Waals surface area contributed by atoms with E-state index in [0.717, 1.165) is 0 Å². The van der Waals surface area contributed by atoms with Crippen LogP contribution >= 0.6 is 11.3 Å². The van der Waals surface area contributed by atoms with Gasteiger partial charge in [-0.15, -0.1) is 11.3 Å². The number of hydrogen-bond acceptors (Lipinski definition) is 6. The zero-order chi connectivity index (χ0) is 14.0. The first-order chi connectivity index (χ1) is 9.02. The Morgan fingerprint density at radius 1 is 1.37 bits per heavy atom. The van der Waals surface area contributed by atoms with Crippen molar-refractivity contribution in [3.05, 3.63) is 16.3 Å². The lowest BCUT2D eigenvalue weighted by Gasteiger charge is -2.14. The highest BCUT2D eigenvalue weighted by Crippen LogP contribution is 2.27. The molecule has 2 rings (SSSR count). The van der Waals surface area contributed by atoms with Gasteiger partial charge in [0.25, 0.3) is 0 Å². The molecule has 1 aromatic heterocycles. The first-order valence-corrected chi connectivity index (χ1v) is 8.09. The number of methoxy groups -OCH3 is 2. The number of aliphatic hydroxyl groups excluding tert-OH is 1. The van der Waals surface area contributed by atoms with Gasteiger partial charge in [-0.25, -0.2) is 8.42 Å². The second kappa shape index (κ2) is 5.86. The monoisotopic (exact) mass is 307 g/mol. The fourth-order valence-electron chi connectivity index (χ4n) is 2.09. The average Bonchev–Trinajstić information content (AvgIpc) is 3.05. The van der Waals surface area contributed by atoms with Crippen molar-refractivity contribution in [3.63, 3.8) is 0 Å². The Bertz CT molecular complexity index is 515. The number of nitrogens with zero attached hydrogens (tertiary/aromatic N) is 1. The van der Waals surface area contributed by atoms with Gasteiger partial charge >= 0.3 is 0 Å². The zero-order valence-electron chi connectivity index (χ0n) is 10.8. The molecule has 0 aromatic carbocycles. The van der Waals surface area contributed by atoms with Crippen LogP contribution in [0.2, 0.25) is 0 Å². The molecule has 108 valence electrons. The minimum atomic E-state index is -3.54. The summed E-state index contributed by atoms with van der Waals surface area (Å²) in [5.41, 5.74) is 0. The molecule has 0 spiro atoms. The number of thiophene rings is 1. The molecule has 2 unspecified atom stereocenters. The second-order valence-corrected chi connectivity index (χ2v) is 7.21. The van der Waals surface area contributed by atoms with Crippen LogP contribution in [0.3, 0.4) is 0 Å². The van der Waals surface area contributed by atoms with Gasteiger partial charge in [0.1, 0.15) is 0 Å². The van der Waals surface area contributed by atoms with Crippen molar-refractivity contribution in [2.24, 2.45) is 0 Å². The van der Waals surface area contributed by atoms with E-state index in [2.05, 4.69) is 0 Å². The molecule has 1 fully saturated rings. The largest absolute Gasteiger partial charge is 0.391 e. The highest BCUT2D eigenvalue weighted by Gasteiger charge is 2.40. The van der Waals surface area contributed by atoms with Crippen molar-refractivity contribution < 1.29 is 23.0 Å². The van der Waals surface area contributed by atoms with Crippen LogP contribution < -0.4 is 0 Å². The molecule has 0 saturated carbocycles. The molecule has 0 amide bonds. The predicted molar refractivity (Wildman–Crippen MR) is 70.6 cm³/mol. The number of aliphatic hydroxyl groups is 1. The summed E-state index contributed by atoms with van der Waals surface area (Å²) < 4.78 is 36.7. The fraction of sp³-hybridized carbons (Fsp3) is 0.636. The molecule has 0 bridgehead atoms. The number of rotatable bonds is 5. The van der Waals surface area contributed by atoms with Crippen LogP contribution in [0.25, 0.3) is 0 Å². The molecule has 2 atom stereocenters. The molecule has 2 heterocycles. The lowest BCUT2D eigenvalue weighted by Crippen LogP contribution is -2.29. The summed E-state index contributed by atoms with van der Waals surface area (Å²) in [4.78, 5) is 0.845. The van der Waals surface area contributed by atoms with Crippen LogP contribution in [0.1, 0.15) is 4.88 Å². The summed E-state index contributed by atoms with van der Waals surface area (Å²) in [6.45, 7) is 0.408. The van der Waals surface area contributed by atoms with Gasteiger partial charge in [-0.05, 0) is 6.07 Å². The molecule has 1 N–H and O–H groups in total. The summed E-state index contributed by atoms with van der Waals surface area (Å²) in [6, 6.07) is 1.50. The van der Waals surface area contributed by atoms with E-state index in [-0.39, 0.29) is 36.8 Å². The van der Waals surface area contributed by atoms with Gasteiger partial charge < -0.3 is 14.6 Å². The second-order valence-electron chi connectivity index (χ2n) is 4.28. The predicted octanol–water partition coefficient (Wildman–Crippen LogP) is 0.275. The van der Waals surface area contributed by atoms with Crippen LogP contribution in [-0.2, 0) is 26.1 Å². The van der Waals surface area contributed by atoms with E-state index in [9.17, 15) is 8.42 Å². The van der Waals surface area contributed by atoms with Crippen molar-refractivity contribution in [1.82, 2.24) is 4.31 Å². The van der Waals surface area contributed by atoms with E-state index in [1.807, 2.05) is 0 Å². The first kappa shape index (κ1) is 14.9. The molecule has 0 aliphatic carbocycles. The summed E-state index contributed by atoms with van der Waals surface area (Å²) in [5, 5.41) is 10.5. The van der Waals surface area contributed by atoms with Crippen LogP contribution in [0.15, 0.2) is 16.3 Å². The van der Waals surface area contributed by atoms with Crippen molar-refractivity contribution in [3.8, 4) is 0 Å². The van der Waals surface area contributed by atoms with E-state index in [0.29, 0.717) is 4.88 Å². The van der Waals surface area contributed by atoms with Crippen molar-refractivity contribution in [1.29, 1.82) is 0 Å². The van der Waals surface area contributed by atoms with Crippen molar-refractivity contribution in [2.45, 2.75) is 23.7 Å². The van der Waals surface area contributed by atoms with Gasteiger partial charge in [-0.3, -0.25) is 0 Å². The van der Waals surface area contributed by atoms with Crippen LogP contribution in [0, 0.1) is 0 Å². The minimum absolute atomic E-state index is 0.151. The fourth-order valence-corrected chi connectivity index (χ4v) is 4.67. The third kappa shape index (κ3) is 2.83. The van der Waals surface area contributed by atoms with Gasteiger partial charge in [0.2, 0.25) is 10.0 Å². The molecule has 1 aliphatic heterocycles. The van der Waals surface area contributed by atoms with Crippen LogP contribution in [-0.4, -0.2) is 57.3 Å². The summed E-state index contributed by atoms with van der Waals surface area (Å²) in [6.07, 6.45) is -0.508. The van der Waals surface area contributed by atoms with Crippen LogP contribution in [0.4, 0.5) is 0 Å². The van der Waals surface area contributed by atoms with E-state index in [1.165, 1.54) is 21.7 Å². The Morgan fingerprint density at radius 3 is 2.37 bits per heavy atom. The maximum absolute atomic E-state index is 12.4.